The van der Waals surface area contributed by atoms with Crippen LogP contribution in [0.3, 0.4) is 0 Å². The molecule has 0 saturated carbocycles. The number of aliphatic hydroxyl groups is 1. The van der Waals surface area contributed by atoms with Gasteiger partial charge in [0, 0.05) is 24.2 Å². The van der Waals surface area contributed by atoms with Crippen LogP contribution < -0.4 is 15.3 Å². The minimum absolute atomic E-state index is 0.106. The van der Waals surface area contributed by atoms with Crippen molar-refractivity contribution in [2.24, 2.45) is 0 Å². The molecule has 1 aliphatic rings. The van der Waals surface area contributed by atoms with E-state index in [4.69, 9.17) is 18.5 Å². The Morgan fingerprint density at radius 3 is 2.70 bits per heavy atom. The van der Waals surface area contributed by atoms with Crippen LogP contribution in [0, 0.1) is 6.92 Å². The van der Waals surface area contributed by atoms with Gasteiger partial charge in [-0.1, -0.05) is 6.07 Å². The molecule has 0 amide bonds. The van der Waals surface area contributed by atoms with Gasteiger partial charge in [-0.3, -0.25) is 18.3 Å². The maximum Gasteiger partial charge on any atom is 0.459 e. The SMILES string of the molecule is Cc1ccn(C2OC(COP(=O)(NC(C)C(=O)OC(C)C)Oc3ccc4c(c3)nc3ccccn34)C(O)C2(C)F)c(=O)n1. The molecule has 4 aromatic rings. The fourth-order valence-corrected chi connectivity index (χ4v) is 6.25. The number of fused-ring (bicyclic) bond motifs is 3. The van der Waals surface area contributed by atoms with Crippen LogP contribution in [-0.2, 0) is 23.4 Å². The molecular formula is C28H33FN5O8P. The van der Waals surface area contributed by atoms with E-state index in [-0.39, 0.29) is 5.75 Å². The maximum absolute atomic E-state index is 15.7. The number of ether oxygens (including phenoxy) is 2. The summed E-state index contributed by atoms with van der Waals surface area (Å²) in [5.74, 6) is -0.604. The van der Waals surface area contributed by atoms with Crippen LogP contribution in [0.2, 0.25) is 0 Å². The van der Waals surface area contributed by atoms with Crippen LogP contribution in [0.4, 0.5) is 4.39 Å². The molecule has 1 saturated heterocycles. The van der Waals surface area contributed by atoms with E-state index in [1.54, 1.807) is 39.0 Å². The minimum atomic E-state index is -4.42. The molecule has 15 heteroatoms. The molecule has 0 spiro atoms. The zero-order chi connectivity index (χ0) is 31.1. The third-order valence-electron chi connectivity index (χ3n) is 6.91. The molecular weight excluding hydrogens is 584 g/mol. The van der Waals surface area contributed by atoms with Crippen molar-refractivity contribution in [1.82, 2.24) is 24.0 Å². The highest BCUT2D eigenvalue weighted by atomic mass is 31.2. The van der Waals surface area contributed by atoms with Gasteiger partial charge in [0.05, 0.1) is 23.7 Å². The van der Waals surface area contributed by atoms with E-state index in [1.807, 2.05) is 28.8 Å². The molecule has 3 aromatic heterocycles. The molecule has 1 aromatic carbocycles. The number of nitrogens with zero attached hydrogens (tertiary/aromatic N) is 4. The van der Waals surface area contributed by atoms with Gasteiger partial charge in [0.2, 0.25) is 0 Å². The third kappa shape index (κ3) is 6.34. The zero-order valence-corrected chi connectivity index (χ0v) is 25.1. The lowest BCUT2D eigenvalue weighted by Gasteiger charge is -2.25. The summed E-state index contributed by atoms with van der Waals surface area (Å²) in [6.07, 6.45) is -1.96. The number of rotatable bonds is 10. The lowest BCUT2D eigenvalue weighted by atomic mass is 9.98. The standard InChI is InChI=1S/C28H33FN5O8P/c1-16(2)40-25(36)18(4)32-43(38,42-19-9-10-21-20(14-19)31-23-8-6-7-12-33(21)23)39-15-22-24(35)28(5,29)26(41-22)34-13-11-17(3)30-27(34)37/h6-14,16,18,22,24,26,35H,15H2,1-5H3,(H,32,38). The second kappa shape index (κ2) is 11.8. The first-order valence-corrected chi connectivity index (χ1v) is 15.2. The largest absolute Gasteiger partial charge is 0.462 e. The fraction of sp³-hybridized carbons (Fsp3) is 0.429. The number of aryl methyl sites for hydroxylation is 1. The summed E-state index contributed by atoms with van der Waals surface area (Å²) >= 11 is 0. The van der Waals surface area contributed by atoms with E-state index in [2.05, 4.69) is 15.1 Å². The first-order chi connectivity index (χ1) is 20.3. The quantitative estimate of drug-likeness (QED) is 0.199. The number of hydrogen-bond acceptors (Lipinski definition) is 10. The van der Waals surface area contributed by atoms with Gasteiger partial charge in [-0.15, -0.1) is 0 Å². The molecule has 230 valence electrons. The monoisotopic (exact) mass is 617 g/mol. The number of benzene rings is 1. The Balaban J connectivity index is 1.40. The summed E-state index contributed by atoms with van der Waals surface area (Å²) in [6, 6.07) is 10.7. The number of aromatic nitrogens is 4. The number of esters is 1. The summed E-state index contributed by atoms with van der Waals surface area (Å²) in [6.45, 7) is 6.81. The Morgan fingerprint density at radius 1 is 1.21 bits per heavy atom. The lowest BCUT2D eigenvalue weighted by molar-refractivity contribution is -0.149. The van der Waals surface area contributed by atoms with Crippen LogP contribution in [0.25, 0.3) is 16.7 Å². The molecule has 4 heterocycles. The number of carbonyl (C=O) groups excluding carboxylic acids is 1. The maximum atomic E-state index is 15.7. The molecule has 6 atom stereocenters. The molecule has 0 bridgehead atoms. The summed E-state index contributed by atoms with van der Waals surface area (Å²) < 4.78 is 54.9. The topological polar surface area (TPSA) is 156 Å². The normalized spacial score (nSPS) is 24.3. The number of hydrogen-bond donors (Lipinski definition) is 2. The van der Waals surface area contributed by atoms with Crippen molar-refractivity contribution >= 4 is 30.4 Å². The third-order valence-corrected chi connectivity index (χ3v) is 8.55. The fourth-order valence-electron chi connectivity index (χ4n) is 4.76. The van der Waals surface area contributed by atoms with E-state index in [9.17, 15) is 19.3 Å². The highest BCUT2D eigenvalue weighted by molar-refractivity contribution is 7.52. The van der Waals surface area contributed by atoms with Crippen molar-refractivity contribution in [3.05, 3.63) is 71.0 Å². The molecule has 0 aliphatic carbocycles. The molecule has 6 unspecified atom stereocenters. The van der Waals surface area contributed by atoms with Gasteiger partial charge < -0.3 is 19.1 Å². The number of pyridine rings is 1. The molecule has 2 N–H and O–H groups in total. The Morgan fingerprint density at radius 2 is 1.98 bits per heavy atom. The number of nitrogens with one attached hydrogen (secondary N) is 1. The molecule has 5 rings (SSSR count). The van der Waals surface area contributed by atoms with Crippen molar-refractivity contribution in [1.29, 1.82) is 0 Å². The van der Waals surface area contributed by atoms with Gasteiger partial charge in [0.1, 0.15) is 29.6 Å². The molecule has 1 fully saturated rings. The number of halogens is 1. The van der Waals surface area contributed by atoms with E-state index < -0.39 is 62.3 Å². The first kappa shape index (κ1) is 30.8. The predicted octanol–water partition coefficient (Wildman–Crippen LogP) is 3.47. The Labute approximate surface area is 246 Å². The van der Waals surface area contributed by atoms with Crippen LogP contribution in [0.15, 0.2) is 59.7 Å². The van der Waals surface area contributed by atoms with Gasteiger partial charge in [0.25, 0.3) is 0 Å². The second-order valence-electron chi connectivity index (χ2n) is 10.8. The Hall–Kier alpha value is -3.68. The number of imidazole rings is 1. The van der Waals surface area contributed by atoms with Gasteiger partial charge in [-0.05, 0) is 65.0 Å². The van der Waals surface area contributed by atoms with E-state index in [0.29, 0.717) is 16.9 Å². The van der Waals surface area contributed by atoms with Gasteiger partial charge in [-0.2, -0.15) is 10.1 Å². The highest BCUT2D eigenvalue weighted by Crippen LogP contribution is 2.48. The van der Waals surface area contributed by atoms with E-state index in [1.165, 1.54) is 19.2 Å². The van der Waals surface area contributed by atoms with E-state index >= 15 is 4.39 Å². The summed E-state index contributed by atoms with van der Waals surface area (Å²) in [4.78, 5) is 33.3. The van der Waals surface area contributed by atoms with Gasteiger partial charge in [0.15, 0.2) is 11.9 Å². The average molecular weight is 618 g/mol. The lowest BCUT2D eigenvalue weighted by Crippen LogP contribution is -2.43. The van der Waals surface area contributed by atoms with E-state index in [0.717, 1.165) is 17.0 Å². The Bertz CT molecular complexity index is 1760. The van der Waals surface area contributed by atoms with Crippen LogP contribution in [0.5, 0.6) is 5.75 Å². The van der Waals surface area contributed by atoms with Crippen molar-refractivity contribution in [2.75, 3.05) is 6.61 Å². The minimum Gasteiger partial charge on any atom is -0.462 e. The molecule has 43 heavy (non-hydrogen) atoms. The second-order valence-corrected chi connectivity index (χ2v) is 12.5. The van der Waals surface area contributed by atoms with Crippen LogP contribution in [-0.4, -0.2) is 66.6 Å². The van der Waals surface area contributed by atoms with Crippen molar-refractivity contribution in [3.8, 4) is 5.75 Å². The zero-order valence-electron chi connectivity index (χ0n) is 24.2. The van der Waals surface area contributed by atoms with Gasteiger partial charge in [-0.25, -0.2) is 18.7 Å². The molecule has 0 radical (unpaired) electrons. The average Bonchev–Trinajstić information content (AvgIpc) is 3.40. The van der Waals surface area contributed by atoms with Gasteiger partial charge >= 0.3 is 19.4 Å². The van der Waals surface area contributed by atoms with Crippen LogP contribution in [0.1, 0.15) is 39.6 Å². The summed E-state index contributed by atoms with van der Waals surface area (Å²) in [5, 5.41) is 13.3. The smallest absolute Gasteiger partial charge is 0.459 e. The first-order valence-electron chi connectivity index (χ1n) is 13.6. The van der Waals surface area contributed by atoms with Crippen molar-refractivity contribution in [3.63, 3.8) is 0 Å². The van der Waals surface area contributed by atoms with Crippen LogP contribution >= 0.6 is 7.75 Å². The number of aliphatic hydroxyl groups excluding tert-OH is 1. The predicted molar refractivity (Wildman–Crippen MR) is 153 cm³/mol. The summed E-state index contributed by atoms with van der Waals surface area (Å²) in [5.41, 5.74) is -0.761. The summed E-state index contributed by atoms with van der Waals surface area (Å²) in [7, 11) is -4.42. The van der Waals surface area contributed by atoms with Crippen molar-refractivity contribution < 1.29 is 37.4 Å². The number of alkyl halides is 1. The highest BCUT2D eigenvalue weighted by Gasteiger charge is 2.56. The Kier molecular flexibility index (Phi) is 8.43. The molecule has 1 aliphatic heterocycles. The number of carbonyl (C=O) groups is 1. The molecule has 13 nitrogen and oxygen atoms in total. The van der Waals surface area contributed by atoms with Crippen molar-refractivity contribution in [2.45, 2.75) is 70.9 Å².